The maximum absolute atomic E-state index is 14.2. The zero-order valence-electron chi connectivity index (χ0n) is 12.2. The van der Waals surface area contributed by atoms with E-state index in [2.05, 4.69) is 24.1 Å². The summed E-state index contributed by atoms with van der Waals surface area (Å²) < 4.78 is 14.2. The highest BCUT2D eigenvalue weighted by Crippen LogP contribution is 2.25. The Balaban J connectivity index is 2.17. The number of benzene rings is 1. The van der Waals surface area contributed by atoms with Gasteiger partial charge in [0.2, 0.25) is 0 Å². The smallest absolute Gasteiger partial charge is 0.147 e. The highest BCUT2D eigenvalue weighted by molar-refractivity contribution is 5.51. The Hall–Kier alpha value is -1.60. The predicted octanol–water partition coefficient (Wildman–Crippen LogP) is 2.91. The second-order valence-corrected chi connectivity index (χ2v) is 5.72. The van der Waals surface area contributed by atoms with E-state index in [1.165, 1.54) is 6.07 Å². The quantitative estimate of drug-likeness (QED) is 0.918. The number of anilines is 1. The molecule has 1 aliphatic rings. The van der Waals surface area contributed by atoms with Gasteiger partial charge in [-0.1, -0.05) is 0 Å². The SMILES string of the molecule is CC(C)N(CC1CCNCC1)c1ccc(C#N)cc1F. The van der Waals surface area contributed by atoms with Crippen LogP contribution in [0.3, 0.4) is 0 Å². The molecule has 1 heterocycles. The fourth-order valence-electron chi connectivity index (χ4n) is 2.74. The molecule has 0 unspecified atom stereocenters. The van der Waals surface area contributed by atoms with Crippen LogP contribution in [0.1, 0.15) is 32.3 Å². The number of nitriles is 1. The zero-order valence-corrected chi connectivity index (χ0v) is 12.2. The van der Waals surface area contributed by atoms with Crippen LogP contribution in [-0.2, 0) is 0 Å². The van der Waals surface area contributed by atoms with Crippen molar-refractivity contribution in [3.05, 3.63) is 29.6 Å². The van der Waals surface area contributed by atoms with Crippen molar-refractivity contribution in [1.29, 1.82) is 5.26 Å². The van der Waals surface area contributed by atoms with Gasteiger partial charge in [0.1, 0.15) is 5.82 Å². The van der Waals surface area contributed by atoms with Crippen molar-refractivity contribution < 1.29 is 4.39 Å². The van der Waals surface area contributed by atoms with E-state index in [1.54, 1.807) is 12.1 Å². The summed E-state index contributed by atoms with van der Waals surface area (Å²) in [5.41, 5.74) is 0.981. The van der Waals surface area contributed by atoms with Gasteiger partial charge in [0, 0.05) is 12.6 Å². The van der Waals surface area contributed by atoms with Gasteiger partial charge in [0.25, 0.3) is 0 Å². The van der Waals surface area contributed by atoms with Crippen molar-refractivity contribution in [2.75, 3.05) is 24.5 Å². The molecule has 1 N–H and O–H groups in total. The van der Waals surface area contributed by atoms with Crippen LogP contribution in [0.2, 0.25) is 0 Å². The monoisotopic (exact) mass is 275 g/mol. The van der Waals surface area contributed by atoms with E-state index in [9.17, 15) is 4.39 Å². The number of nitrogens with zero attached hydrogens (tertiary/aromatic N) is 2. The van der Waals surface area contributed by atoms with Gasteiger partial charge >= 0.3 is 0 Å². The van der Waals surface area contributed by atoms with Crippen molar-refractivity contribution in [2.24, 2.45) is 5.92 Å². The van der Waals surface area contributed by atoms with E-state index < -0.39 is 0 Å². The fraction of sp³-hybridized carbons (Fsp3) is 0.562. The minimum atomic E-state index is -0.299. The molecule has 1 saturated heterocycles. The minimum absolute atomic E-state index is 0.243. The summed E-state index contributed by atoms with van der Waals surface area (Å²) in [4.78, 5) is 2.12. The van der Waals surface area contributed by atoms with Crippen LogP contribution in [0.4, 0.5) is 10.1 Å². The molecular formula is C16H22FN3. The number of nitrogens with one attached hydrogen (secondary N) is 1. The standard InChI is InChI=1S/C16H22FN3/c1-12(2)20(11-13-5-7-19-8-6-13)16-4-3-14(10-18)9-15(16)17/h3-4,9,12-13,19H,5-8,11H2,1-2H3. The first kappa shape index (κ1) is 14.8. The van der Waals surface area contributed by atoms with Crippen LogP contribution in [0, 0.1) is 23.1 Å². The summed E-state index contributed by atoms with van der Waals surface area (Å²) in [5, 5.41) is 12.2. The summed E-state index contributed by atoms with van der Waals surface area (Å²) in [6.07, 6.45) is 2.28. The Labute approximate surface area is 120 Å². The van der Waals surface area contributed by atoms with Gasteiger partial charge in [0.05, 0.1) is 17.3 Å². The molecule has 0 amide bonds. The van der Waals surface area contributed by atoms with E-state index in [-0.39, 0.29) is 11.9 Å². The van der Waals surface area contributed by atoms with Crippen LogP contribution in [-0.4, -0.2) is 25.7 Å². The maximum Gasteiger partial charge on any atom is 0.147 e. The normalized spacial score (nSPS) is 16.1. The summed E-state index contributed by atoms with van der Waals surface area (Å²) in [5.74, 6) is 0.306. The zero-order chi connectivity index (χ0) is 14.5. The summed E-state index contributed by atoms with van der Waals surface area (Å²) in [6, 6.07) is 6.97. The molecule has 1 aliphatic heterocycles. The van der Waals surface area contributed by atoms with E-state index in [0.29, 0.717) is 17.2 Å². The molecule has 0 aromatic heterocycles. The Bertz CT molecular complexity index is 487. The van der Waals surface area contributed by atoms with Crippen molar-refractivity contribution >= 4 is 5.69 Å². The molecule has 2 rings (SSSR count). The maximum atomic E-state index is 14.2. The Morgan fingerprint density at radius 1 is 1.40 bits per heavy atom. The lowest BCUT2D eigenvalue weighted by atomic mass is 9.96. The summed E-state index contributed by atoms with van der Waals surface area (Å²) in [7, 11) is 0. The van der Waals surface area contributed by atoms with Gasteiger partial charge in [-0.05, 0) is 63.9 Å². The van der Waals surface area contributed by atoms with Crippen molar-refractivity contribution in [3.63, 3.8) is 0 Å². The van der Waals surface area contributed by atoms with Crippen molar-refractivity contribution in [3.8, 4) is 6.07 Å². The molecule has 0 bridgehead atoms. The molecule has 1 aromatic carbocycles. The van der Waals surface area contributed by atoms with Gasteiger partial charge in [-0.3, -0.25) is 0 Å². The topological polar surface area (TPSA) is 39.1 Å². The van der Waals surface area contributed by atoms with E-state index in [1.807, 2.05) is 6.07 Å². The molecule has 3 nitrogen and oxygen atoms in total. The molecule has 0 aliphatic carbocycles. The Kier molecular flexibility index (Phi) is 4.97. The number of rotatable bonds is 4. The Morgan fingerprint density at radius 2 is 2.10 bits per heavy atom. The highest BCUT2D eigenvalue weighted by atomic mass is 19.1. The molecule has 1 aromatic rings. The minimum Gasteiger partial charge on any atom is -0.366 e. The average molecular weight is 275 g/mol. The van der Waals surface area contributed by atoms with Gasteiger partial charge < -0.3 is 10.2 Å². The lowest BCUT2D eigenvalue weighted by molar-refractivity contribution is 0.366. The number of piperidine rings is 1. The number of hydrogen-bond donors (Lipinski definition) is 1. The van der Waals surface area contributed by atoms with Crippen LogP contribution < -0.4 is 10.2 Å². The summed E-state index contributed by atoms with van der Waals surface area (Å²) >= 11 is 0. The van der Waals surface area contributed by atoms with Crippen molar-refractivity contribution in [2.45, 2.75) is 32.7 Å². The first-order valence-electron chi connectivity index (χ1n) is 7.29. The van der Waals surface area contributed by atoms with Gasteiger partial charge in [-0.25, -0.2) is 4.39 Å². The molecule has 0 spiro atoms. The molecule has 108 valence electrons. The van der Waals surface area contributed by atoms with E-state index in [0.717, 1.165) is 32.5 Å². The predicted molar refractivity (Wildman–Crippen MR) is 79.2 cm³/mol. The van der Waals surface area contributed by atoms with E-state index >= 15 is 0 Å². The van der Waals surface area contributed by atoms with Gasteiger partial charge in [0.15, 0.2) is 0 Å². The molecule has 0 saturated carbocycles. The first-order chi connectivity index (χ1) is 9.61. The lowest BCUT2D eigenvalue weighted by Gasteiger charge is -2.34. The van der Waals surface area contributed by atoms with Gasteiger partial charge in [-0.2, -0.15) is 5.26 Å². The molecule has 0 radical (unpaired) electrons. The third-order valence-corrected chi connectivity index (χ3v) is 3.92. The average Bonchev–Trinajstić information content (AvgIpc) is 2.46. The van der Waals surface area contributed by atoms with Crippen LogP contribution in [0.25, 0.3) is 0 Å². The molecule has 4 heteroatoms. The fourth-order valence-corrected chi connectivity index (χ4v) is 2.74. The van der Waals surface area contributed by atoms with Crippen LogP contribution in [0.5, 0.6) is 0 Å². The highest BCUT2D eigenvalue weighted by Gasteiger charge is 2.21. The first-order valence-corrected chi connectivity index (χ1v) is 7.29. The second-order valence-electron chi connectivity index (χ2n) is 5.72. The van der Waals surface area contributed by atoms with Crippen molar-refractivity contribution in [1.82, 2.24) is 5.32 Å². The molecular weight excluding hydrogens is 253 g/mol. The molecule has 1 fully saturated rings. The largest absolute Gasteiger partial charge is 0.366 e. The lowest BCUT2D eigenvalue weighted by Crippen LogP contribution is -2.40. The van der Waals surface area contributed by atoms with Crippen LogP contribution >= 0.6 is 0 Å². The summed E-state index contributed by atoms with van der Waals surface area (Å²) in [6.45, 7) is 7.14. The van der Waals surface area contributed by atoms with Gasteiger partial charge in [-0.15, -0.1) is 0 Å². The third-order valence-electron chi connectivity index (χ3n) is 3.92. The molecule has 20 heavy (non-hydrogen) atoms. The third kappa shape index (κ3) is 3.49. The van der Waals surface area contributed by atoms with Crippen LogP contribution in [0.15, 0.2) is 18.2 Å². The Morgan fingerprint density at radius 3 is 2.65 bits per heavy atom. The number of hydrogen-bond acceptors (Lipinski definition) is 3. The second kappa shape index (κ2) is 6.71. The van der Waals surface area contributed by atoms with E-state index in [4.69, 9.17) is 5.26 Å². The molecule has 0 atom stereocenters. The number of halogens is 1.